The molecule has 2 heterocycles. The van der Waals surface area contributed by atoms with Gasteiger partial charge >= 0.3 is 0 Å². The van der Waals surface area contributed by atoms with Crippen LogP contribution in [0.5, 0.6) is 23.0 Å². The minimum Gasteiger partial charge on any atom is -0.493 e. The van der Waals surface area contributed by atoms with E-state index in [9.17, 15) is 5.26 Å². The van der Waals surface area contributed by atoms with Gasteiger partial charge in [0.2, 0.25) is 0 Å². The molecule has 0 spiro atoms. The van der Waals surface area contributed by atoms with Gasteiger partial charge in [0.05, 0.1) is 40.3 Å². The maximum Gasteiger partial charge on any atom is 0.161 e. The Morgan fingerprint density at radius 1 is 0.830 bits per heavy atom. The number of imidazole rings is 1. The van der Waals surface area contributed by atoms with Crippen LogP contribution in [0.1, 0.15) is 47.9 Å². The van der Waals surface area contributed by atoms with E-state index in [0.717, 1.165) is 73.8 Å². The summed E-state index contributed by atoms with van der Waals surface area (Å²) in [6, 6.07) is 21.2. The summed E-state index contributed by atoms with van der Waals surface area (Å²) < 4.78 is 24.1. The van der Waals surface area contributed by atoms with Crippen LogP contribution in [-0.4, -0.2) is 48.9 Å². The van der Waals surface area contributed by atoms with Crippen LogP contribution in [-0.2, 0) is 24.4 Å². The summed E-state index contributed by atoms with van der Waals surface area (Å²) in [5.74, 6) is 2.85. The van der Waals surface area contributed by atoms with Crippen LogP contribution < -0.4 is 18.9 Å². The summed E-state index contributed by atoms with van der Waals surface area (Å²) in [5.41, 5.74) is 4.71. The number of aryl methyl sites for hydroxylation is 1. The fourth-order valence-corrected chi connectivity index (χ4v) is 6.98. The number of methoxy groups -OCH3 is 3. The Hall–Kier alpha value is -3.55. The lowest BCUT2D eigenvalue weighted by atomic mass is 9.93. The molecule has 5 rings (SSSR count). The lowest BCUT2D eigenvalue weighted by Gasteiger charge is -2.28. The number of unbranched alkanes of at least 4 members (excludes halogenated alkanes) is 2. The molecule has 0 aliphatic carbocycles. The van der Waals surface area contributed by atoms with Crippen molar-refractivity contribution in [2.75, 3.05) is 34.5 Å². The summed E-state index contributed by atoms with van der Waals surface area (Å²) in [7, 11) is 4.95. The molecule has 1 unspecified atom stereocenters. The molecular formula is C36H44Cl2N4O4S. The van der Waals surface area contributed by atoms with Gasteiger partial charge in [0.15, 0.2) is 23.0 Å². The van der Waals surface area contributed by atoms with Gasteiger partial charge in [0, 0.05) is 30.4 Å². The van der Waals surface area contributed by atoms with Crippen LogP contribution in [0.2, 0.25) is 0 Å². The standard InChI is InChI=1S/C36H42N4O4S.2ClH/c1-27-8-11-31(12-9-27)45-36(25-37,30-10-13-32(41-2)34(22-30)43-4)14-6-5-7-16-40-23-28-20-33(42-3)35(21-29(28)24-40)44-19-18-39-17-15-38-26-39;;/h8-13,15,17,20-22,26H,5-7,14,16,18-19,23-24H2,1-4H3;2*1H. The van der Waals surface area contributed by atoms with Crippen LogP contribution >= 0.6 is 36.6 Å². The van der Waals surface area contributed by atoms with Crippen molar-refractivity contribution in [1.29, 1.82) is 5.26 Å². The third-order valence-electron chi connectivity index (χ3n) is 8.29. The second-order valence-corrected chi connectivity index (χ2v) is 12.7. The van der Waals surface area contributed by atoms with Gasteiger partial charge in [-0.25, -0.2) is 4.98 Å². The normalized spacial score (nSPS) is 13.3. The highest BCUT2D eigenvalue weighted by molar-refractivity contribution is 8.00. The van der Waals surface area contributed by atoms with Crippen LogP contribution in [0.4, 0.5) is 0 Å². The highest BCUT2D eigenvalue weighted by atomic mass is 35.5. The number of thioether (sulfide) groups is 1. The first-order valence-electron chi connectivity index (χ1n) is 15.4. The molecule has 4 aromatic rings. The molecule has 1 atom stereocenters. The number of rotatable bonds is 16. The van der Waals surface area contributed by atoms with E-state index in [4.69, 9.17) is 18.9 Å². The minimum atomic E-state index is -0.747. The molecule has 0 saturated heterocycles. The van der Waals surface area contributed by atoms with Crippen molar-refractivity contribution in [1.82, 2.24) is 14.5 Å². The Balaban J connectivity index is 0.00000300. The predicted molar refractivity (Wildman–Crippen MR) is 192 cm³/mol. The van der Waals surface area contributed by atoms with Crippen molar-refractivity contribution >= 4 is 36.6 Å². The molecule has 0 bridgehead atoms. The second kappa shape index (κ2) is 18.1. The molecule has 0 radical (unpaired) electrons. The molecule has 3 aromatic carbocycles. The highest BCUT2D eigenvalue weighted by Crippen LogP contribution is 2.47. The Labute approximate surface area is 295 Å². The Morgan fingerprint density at radius 2 is 1.51 bits per heavy atom. The molecule has 8 nitrogen and oxygen atoms in total. The van der Waals surface area contributed by atoms with Crippen LogP contribution in [0.15, 0.2) is 78.2 Å². The monoisotopic (exact) mass is 698 g/mol. The zero-order valence-corrected chi connectivity index (χ0v) is 29.9. The third-order valence-corrected chi connectivity index (χ3v) is 9.67. The summed E-state index contributed by atoms with van der Waals surface area (Å²) in [4.78, 5) is 7.64. The molecular weight excluding hydrogens is 655 g/mol. The van der Waals surface area contributed by atoms with Gasteiger partial charge < -0.3 is 23.5 Å². The molecule has 1 aromatic heterocycles. The van der Waals surface area contributed by atoms with Crippen molar-refractivity contribution in [2.45, 2.75) is 61.9 Å². The van der Waals surface area contributed by atoms with Gasteiger partial charge in [-0.1, -0.05) is 48.4 Å². The van der Waals surface area contributed by atoms with Gasteiger partial charge in [-0.3, -0.25) is 4.90 Å². The van der Waals surface area contributed by atoms with Gasteiger partial charge in [-0.2, -0.15) is 5.26 Å². The Kier molecular flexibility index (Phi) is 14.6. The minimum absolute atomic E-state index is 0. The summed E-state index contributed by atoms with van der Waals surface area (Å²) in [6.07, 6.45) is 9.25. The number of aromatic nitrogens is 2. The third kappa shape index (κ3) is 9.51. The molecule has 0 saturated carbocycles. The molecule has 11 heteroatoms. The van der Waals surface area contributed by atoms with E-state index < -0.39 is 4.75 Å². The first-order valence-corrected chi connectivity index (χ1v) is 16.2. The summed E-state index contributed by atoms with van der Waals surface area (Å²) in [6.45, 7) is 6.15. The van der Waals surface area contributed by atoms with Gasteiger partial charge in [-0.05, 0) is 79.4 Å². The number of hydrogen-bond acceptors (Lipinski definition) is 8. The molecule has 47 heavy (non-hydrogen) atoms. The Morgan fingerprint density at radius 3 is 2.15 bits per heavy atom. The largest absolute Gasteiger partial charge is 0.493 e. The molecule has 0 fully saturated rings. The van der Waals surface area contributed by atoms with E-state index in [1.807, 2.05) is 29.0 Å². The van der Waals surface area contributed by atoms with Gasteiger partial charge in [0.25, 0.3) is 0 Å². The number of halogens is 2. The summed E-state index contributed by atoms with van der Waals surface area (Å²) in [5, 5.41) is 10.7. The van der Waals surface area contributed by atoms with Crippen LogP contribution in [0, 0.1) is 18.3 Å². The second-order valence-electron chi connectivity index (χ2n) is 11.4. The number of nitrogens with zero attached hydrogens (tertiary/aromatic N) is 4. The maximum absolute atomic E-state index is 10.7. The van der Waals surface area contributed by atoms with E-state index in [-0.39, 0.29) is 24.8 Å². The van der Waals surface area contributed by atoms with E-state index in [1.165, 1.54) is 16.7 Å². The lowest BCUT2D eigenvalue weighted by molar-refractivity contribution is 0.275. The number of benzene rings is 3. The van der Waals surface area contributed by atoms with Crippen molar-refractivity contribution in [3.63, 3.8) is 0 Å². The SMILES string of the molecule is COc1ccc(C(C#N)(CCCCCN2Cc3cc(OC)c(OCCn4ccnc4)cc3C2)Sc2ccc(C)cc2)cc1OC.Cl.Cl. The molecule has 1 aliphatic rings. The van der Waals surface area contributed by atoms with Crippen LogP contribution in [0.25, 0.3) is 0 Å². The zero-order chi connectivity index (χ0) is 31.6. The quantitative estimate of drug-likeness (QED) is 0.0855. The molecule has 1 aliphatic heterocycles. The number of ether oxygens (including phenoxy) is 4. The number of fused-ring (bicyclic) bond motifs is 1. The lowest BCUT2D eigenvalue weighted by Crippen LogP contribution is -2.21. The van der Waals surface area contributed by atoms with E-state index in [2.05, 4.69) is 59.3 Å². The van der Waals surface area contributed by atoms with Crippen LogP contribution in [0.3, 0.4) is 0 Å². The fraction of sp³-hybridized carbons (Fsp3) is 0.389. The maximum atomic E-state index is 10.7. The number of nitriles is 1. The first kappa shape index (κ1) is 37.9. The average molecular weight is 700 g/mol. The predicted octanol–water partition coefficient (Wildman–Crippen LogP) is 8.23. The molecule has 252 valence electrons. The smallest absolute Gasteiger partial charge is 0.161 e. The highest BCUT2D eigenvalue weighted by Gasteiger charge is 2.34. The van der Waals surface area contributed by atoms with Crippen molar-refractivity contribution in [3.05, 3.63) is 95.6 Å². The molecule has 0 N–H and O–H groups in total. The first-order chi connectivity index (χ1) is 22.0. The van der Waals surface area contributed by atoms with E-state index in [0.29, 0.717) is 18.1 Å². The molecule has 0 amide bonds. The van der Waals surface area contributed by atoms with Crippen molar-refractivity contribution in [3.8, 4) is 29.1 Å². The topological polar surface area (TPSA) is 81.8 Å². The van der Waals surface area contributed by atoms with Gasteiger partial charge in [-0.15, -0.1) is 24.8 Å². The van der Waals surface area contributed by atoms with Gasteiger partial charge in [0.1, 0.15) is 11.4 Å². The number of hydrogen-bond donors (Lipinski definition) is 0. The van der Waals surface area contributed by atoms with Crippen molar-refractivity contribution in [2.24, 2.45) is 0 Å². The van der Waals surface area contributed by atoms with Crippen molar-refractivity contribution < 1.29 is 18.9 Å². The van der Waals surface area contributed by atoms with E-state index in [1.54, 1.807) is 45.6 Å². The average Bonchev–Trinajstić information content (AvgIpc) is 3.73. The summed E-state index contributed by atoms with van der Waals surface area (Å²) >= 11 is 1.62. The Bertz CT molecular complexity index is 1600. The van der Waals surface area contributed by atoms with E-state index >= 15 is 0 Å². The fourth-order valence-electron chi connectivity index (χ4n) is 5.77. The zero-order valence-electron chi connectivity index (χ0n) is 27.4.